The molecular weight excluding hydrogens is 374 g/mol. The normalized spacial score (nSPS) is 29.5. The van der Waals surface area contributed by atoms with Crippen molar-refractivity contribution in [3.63, 3.8) is 0 Å². The van der Waals surface area contributed by atoms with E-state index in [9.17, 15) is 9.90 Å². The standard InChI is InChI=1S/C25H39N3O2/c1-18-3-4-19(16-28(7-8-29)6-5-26-2)12-23(18)24(30)27-17-25-13-20-9-21(14-25)11-22(10-20)15-25/h3-4,12,20-22,26,29H,5-11,13-17H2,1-2H3,(H,27,30). The summed E-state index contributed by atoms with van der Waals surface area (Å²) in [5, 5.41) is 15.9. The number of hydrogen-bond donors (Lipinski definition) is 3. The minimum Gasteiger partial charge on any atom is -0.395 e. The average Bonchev–Trinajstić information content (AvgIpc) is 2.71. The molecule has 4 aliphatic carbocycles. The molecule has 1 amide bonds. The number of nitrogens with one attached hydrogen (secondary N) is 2. The van der Waals surface area contributed by atoms with Crippen LogP contribution in [0.25, 0.3) is 0 Å². The van der Waals surface area contributed by atoms with Crippen molar-refractivity contribution in [1.82, 2.24) is 15.5 Å². The Bertz CT molecular complexity index is 713. The van der Waals surface area contributed by atoms with E-state index in [2.05, 4.69) is 27.7 Å². The van der Waals surface area contributed by atoms with Gasteiger partial charge >= 0.3 is 0 Å². The first kappa shape index (κ1) is 21.8. The number of carbonyl (C=O) groups excluding carboxylic acids is 1. The summed E-state index contributed by atoms with van der Waals surface area (Å²) in [6.07, 6.45) is 8.27. The molecule has 0 unspecified atom stereocenters. The Morgan fingerprint density at radius 1 is 1.13 bits per heavy atom. The van der Waals surface area contributed by atoms with Gasteiger partial charge in [-0.15, -0.1) is 0 Å². The molecule has 0 aliphatic heterocycles. The van der Waals surface area contributed by atoms with E-state index >= 15 is 0 Å². The number of rotatable bonds is 10. The van der Waals surface area contributed by atoms with Crippen molar-refractivity contribution in [3.8, 4) is 0 Å². The fourth-order valence-electron chi connectivity index (χ4n) is 6.82. The molecule has 5 rings (SSSR count). The number of aliphatic hydroxyl groups excluding tert-OH is 1. The zero-order valence-corrected chi connectivity index (χ0v) is 18.8. The molecule has 1 aromatic rings. The monoisotopic (exact) mass is 413 g/mol. The lowest BCUT2D eigenvalue weighted by Gasteiger charge is -2.56. The van der Waals surface area contributed by atoms with E-state index in [4.69, 9.17) is 0 Å². The van der Waals surface area contributed by atoms with Crippen LogP contribution in [0, 0.1) is 30.1 Å². The van der Waals surface area contributed by atoms with Crippen LogP contribution in [0.3, 0.4) is 0 Å². The predicted molar refractivity (Wildman–Crippen MR) is 120 cm³/mol. The highest BCUT2D eigenvalue weighted by Crippen LogP contribution is 2.59. The fraction of sp³-hybridized carbons (Fsp3) is 0.720. The number of hydrogen-bond acceptors (Lipinski definition) is 4. The summed E-state index contributed by atoms with van der Waals surface area (Å²) in [6.45, 7) is 6.16. The number of aliphatic hydroxyl groups is 1. The Morgan fingerprint density at radius 3 is 2.40 bits per heavy atom. The Kier molecular flexibility index (Phi) is 6.81. The number of benzene rings is 1. The summed E-state index contributed by atoms with van der Waals surface area (Å²) in [4.78, 5) is 15.3. The maximum absolute atomic E-state index is 13.1. The molecule has 4 bridgehead atoms. The molecule has 4 fully saturated rings. The molecule has 3 N–H and O–H groups in total. The molecule has 4 saturated carbocycles. The van der Waals surface area contributed by atoms with Gasteiger partial charge in [-0.1, -0.05) is 12.1 Å². The van der Waals surface area contributed by atoms with Crippen LogP contribution in [0.1, 0.15) is 60.0 Å². The first-order chi connectivity index (χ1) is 14.5. The van der Waals surface area contributed by atoms with Gasteiger partial charge in [0.2, 0.25) is 0 Å². The Labute approximate surface area is 181 Å². The van der Waals surface area contributed by atoms with Crippen LogP contribution in [-0.4, -0.2) is 55.7 Å². The third-order valence-corrected chi connectivity index (χ3v) is 7.84. The first-order valence-electron chi connectivity index (χ1n) is 11.9. The number of likely N-dealkylation sites (N-methyl/N-ethyl adjacent to an activating group) is 1. The van der Waals surface area contributed by atoms with Gasteiger partial charge in [-0.2, -0.15) is 0 Å². The van der Waals surface area contributed by atoms with Gasteiger partial charge in [-0.3, -0.25) is 9.69 Å². The molecule has 0 saturated heterocycles. The van der Waals surface area contributed by atoms with Gasteiger partial charge in [-0.25, -0.2) is 0 Å². The second kappa shape index (κ2) is 9.37. The number of amides is 1. The van der Waals surface area contributed by atoms with E-state index < -0.39 is 0 Å². The quantitative estimate of drug-likeness (QED) is 0.552. The average molecular weight is 414 g/mol. The summed E-state index contributed by atoms with van der Waals surface area (Å²) in [5.74, 6) is 2.81. The largest absolute Gasteiger partial charge is 0.395 e. The minimum absolute atomic E-state index is 0.0778. The Hall–Kier alpha value is -1.43. The molecule has 0 atom stereocenters. The molecule has 0 aromatic heterocycles. The van der Waals surface area contributed by atoms with Gasteiger partial charge in [0.15, 0.2) is 0 Å². The van der Waals surface area contributed by atoms with Gasteiger partial charge in [0.25, 0.3) is 5.91 Å². The third kappa shape index (κ3) is 4.90. The zero-order chi connectivity index (χ0) is 21.1. The van der Waals surface area contributed by atoms with Crippen LogP contribution in [-0.2, 0) is 6.54 Å². The van der Waals surface area contributed by atoms with E-state index in [1.807, 2.05) is 20.0 Å². The Balaban J connectivity index is 1.39. The van der Waals surface area contributed by atoms with Crippen molar-refractivity contribution in [1.29, 1.82) is 0 Å². The van der Waals surface area contributed by atoms with Crippen molar-refractivity contribution in [2.75, 3.05) is 39.8 Å². The van der Waals surface area contributed by atoms with Gasteiger partial charge < -0.3 is 15.7 Å². The molecule has 5 heteroatoms. The summed E-state index contributed by atoms with van der Waals surface area (Å²) in [7, 11) is 1.94. The second-order valence-electron chi connectivity index (χ2n) is 10.4. The van der Waals surface area contributed by atoms with Crippen LogP contribution in [0.4, 0.5) is 0 Å². The SMILES string of the molecule is CNCCN(CCO)Cc1ccc(C)c(C(=O)NCC23CC4CC(CC(C4)C2)C3)c1. The van der Waals surface area contributed by atoms with Crippen LogP contribution in [0.15, 0.2) is 18.2 Å². The molecule has 0 radical (unpaired) electrons. The van der Waals surface area contributed by atoms with Crippen molar-refractivity contribution in [2.24, 2.45) is 23.2 Å². The zero-order valence-electron chi connectivity index (χ0n) is 18.8. The highest BCUT2D eigenvalue weighted by Gasteiger charge is 2.50. The lowest BCUT2D eigenvalue weighted by Crippen LogP contribution is -2.51. The van der Waals surface area contributed by atoms with Crippen LogP contribution >= 0.6 is 0 Å². The topological polar surface area (TPSA) is 64.6 Å². The van der Waals surface area contributed by atoms with E-state index in [0.29, 0.717) is 12.0 Å². The number of carbonyl (C=O) groups is 1. The van der Waals surface area contributed by atoms with Gasteiger partial charge in [0, 0.05) is 38.3 Å². The lowest BCUT2D eigenvalue weighted by atomic mass is 9.49. The summed E-state index contributed by atoms with van der Waals surface area (Å²) in [6, 6.07) is 6.22. The van der Waals surface area contributed by atoms with Gasteiger partial charge in [-0.05, 0) is 92.9 Å². The highest BCUT2D eigenvalue weighted by molar-refractivity contribution is 5.95. The van der Waals surface area contributed by atoms with Crippen molar-refractivity contribution < 1.29 is 9.90 Å². The molecular formula is C25H39N3O2. The third-order valence-electron chi connectivity index (χ3n) is 7.84. The first-order valence-corrected chi connectivity index (χ1v) is 11.9. The maximum atomic E-state index is 13.1. The maximum Gasteiger partial charge on any atom is 0.251 e. The number of aryl methyl sites for hydroxylation is 1. The number of nitrogens with zero attached hydrogens (tertiary/aromatic N) is 1. The van der Waals surface area contributed by atoms with Gasteiger partial charge in [0.05, 0.1) is 6.61 Å². The molecule has 0 heterocycles. The van der Waals surface area contributed by atoms with E-state index in [-0.39, 0.29) is 12.5 Å². The molecule has 0 spiro atoms. The molecule has 5 nitrogen and oxygen atoms in total. The lowest BCUT2D eigenvalue weighted by molar-refractivity contribution is -0.0503. The smallest absolute Gasteiger partial charge is 0.251 e. The van der Waals surface area contributed by atoms with Crippen molar-refractivity contribution in [2.45, 2.75) is 52.0 Å². The minimum atomic E-state index is 0.0778. The van der Waals surface area contributed by atoms with Gasteiger partial charge in [0.1, 0.15) is 0 Å². The summed E-state index contributed by atoms with van der Waals surface area (Å²) in [5.41, 5.74) is 3.33. The van der Waals surface area contributed by atoms with Crippen LogP contribution in [0.2, 0.25) is 0 Å². The van der Waals surface area contributed by atoms with Crippen molar-refractivity contribution >= 4 is 5.91 Å². The van der Waals surface area contributed by atoms with E-state index in [1.54, 1.807) is 0 Å². The molecule has 1 aromatic carbocycles. The van der Waals surface area contributed by atoms with Crippen LogP contribution in [0.5, 0.6) is 0 Å². The fourth-order valence-corrected chi connectivity index (χ4v) is 6.82. The second-order valence-corrected chi connectivity index (χ2v) is 10.4. The Morgan fingerprint density at radius 2 is 1.80 bits per heavy atom. The predicted octanol–water partition coefficient (Wildman–Crippen LogP) is 2.95. The van der Waals surface area contributed by atoms with Crippen LogP contribution < -0.4 is 10.6 Å². The highest BCUT2D eigenvalue weighted by atomic mass is 16.3. The summed E-state index contributed by atoms with van der Waals surface area (Å²) < 4.78 is 0. The van der Waals surface area contributed by atoms with E-state index in [0.717, 1.165) is 60.6 Å². The molecule has 4 aliphatic rings. The van der Waals surface area contributed by atoms with E-state index in [1.165, 1.54) is 38.5 Å². The summed E-state index contributed by atoms with van der Waals surface area (Å²) >= 11 is 0. The molecule has 30 heavy (non-hydrogen) atoms. The van der Waals surface area contributed by atoms with Crippen molar-refractivity contribution in [3.05, 3.63) is 34.9 Å². The molecule has 166 valence electrons.